The van der Waals surface area contributed by atoms with Crippen molar-refractivity contribution in [3.63, 3.8) is 0 Å². The maximum absolute atomic E-state index is 13.2. The molecule has 1 aromatic heterocycles. The topological polar surface area (TPSA) is 108 Å². The van der Waals surface area contributed by atoms with E-state index in [1.807, 2.05) is 30.3 Å². The number of carbonyl (C=O) groups excluding carboxylic acids is 2. The smallest absolute Gasteiger partial charge is 0.338 e. The van der Waals surface area contributed by atoms with Crippen molar-refractivity contribution in [2.45, 2.75) is 10.1 Å². The predicted octanol–water partition coefficient (Wildman–Crippen LogP) is 8.77. The quantitative estimate of drug-likeness (QED) is 0.0995. The molecule has 0 fully saturated rings. The number of amides is 2. The second-order valence-corrected chi connectivity index (χ2v) is 11.2. The van der Waals surface area contributed by atoms with E-state index in [1.165, 1.54) is 18.0 Å². The lowest BCUT2D eigenvalue weighted by Gasteiger charge is -2.17. The van der Waals surface area contributed by atoms with E-state index < -0.39 is 33.3 Å². The molecule has 0 aliphatic heterocycles. The largest absolute Gasteiger partial charge is 0.478 e. The number of aromatic nitrogens is 1. The van der Waals surface area contributed by atoms with Gasteiger partial charge in [-0.2, -0.15) is 0 Å². The summed E-state index contributed by atoms with van der Waals surface area (Å²) in [7, 11) is 0. The van der Waals surface area contributed by atoms with Gasteiger partial charge >= 0.3 is 5.97 Å². The molecule has 0 aliphatic carbocycles. The first-order chi connectivity index (χ1) is 19.1. The summed E-state index contributed by atoms with van der Waals surface area (Å²) in [5, 5.41) is 13.5. The first-order valence-electron chi connectivity index (χ1n) is 11.2. The average molecular weight is 656 g/mol. The summed E-state index contributed by atoms with van der Waals surface area (Å²) in [6, 6.07) is 19.0. The highest BCUT2D eigenvalue weighted by atomic mass is 35.5. The van der Waals surface area contributed by atoms with Crippen LogP contribution < -0.4 is 10.6 Å². The number of carbonyl (C=O) groups is 3. The van der Waals surface area contributed by atoms with Crippen molar-refractivity contribution in [3.05, 3.63) is 115 Å². The fourth-order valence-electron chi connectivity index (χ4n) is 3.53. The molecule has 13 heteroatoms. The average Bonchev–Trinajstić information content (AvgIpc) is 2.94. The number of carboxylic acids is 1. The molecule has 4 rings (SSSR count). The Morgan fingerprint density at radius 1 is 0.750 bits per heavy atom. The molecule has 0 aliphatic rings. The molecule has 0 radical (unpaired) electrons. The van der Waals surface area contributed by atoms with E-state index in [1.54, 1.807) is 36.4 Å². The number of hydrogen-bond acceptors (Lipinski definition) is 5. The van der Waals surface area contributed by atoms with Gasteiger partial charge in [0.1, 0.15) is 11.1 Å². The summed E-state index contributed by atoms with van der Waals surface area (Å²) >= 11 is 31.4. The Morgan fingerprint density at radius 3 is 1.95 bits per heavy atom. The number of halogens is 5. The predicted molar refractivity (Wildman–Crippen MR) is 161 cm³/mol. The lowest BCUT2D eigenvalue weighted by atomic mass is 10.1. The molecule has 4 aromatic rings. The summed E-state index contributed by atoms with van der Waals surface area (Å²) in [5.74, 6) is -2.28. The Hall–Kier alpha value is -2.98. The van der Waals surface area contributed by atoms with Gasteiger partial charge in [0.05, 0.1) is 36.2 Å². The molecule has 1 heterocycles. The standard InChI is InChI=1S/C27H16Cl5N3O4S/c28-14-6-11-17(33-12-14)35-26(37)24(13-4-2-1-3-5-13)40-16-9-7-15(8-10-16)34-25(36)18-19(27(38)39)21(30)23(32)22(31)20(18)29/h1-12,24H,(H,34,36)(H,38,39)(H,33,35,37). The molecule has 3 N–H and O–H groups in total. The molecular weight excluding hydrogens is 640 g/mol. The zero-order chi connectivity index (χ0) is 29.0. The number of nitrogens with one attached hydrogen (secondary N) is 2. The molecule has 1 unspecified atom stereocenters. The molecule has 2 amide bonds. The fourth-order valence-corrected chi connectivity index (χ4v) is 5.69. The number of anilines is 2. The van der Waals surface area contributed by atoms with Crippen LogP contribution in [0.3, 0.4) is 0 Å². The van der Waals surface area contributed by atoms with Crippen LogP contribution in [0.2, 0.25) is 25.1 Å². The number of pyridine rings is 1. The first kappa shape index (κ1) is 30.0. The Labute approximate surface area is 257 Å². The van der Waals surface area contributed by atoms with E-state index in [4.69, 9.17) is 58.0 Å². The molecule has 3 aromatic carbocycles. The van der Waals surface area contributed by atoms with Gasteiger partial charge in [0, 0.05) is 16.8 Å². The third-order valence-corrected chi connectivity index (χ3v) is 8.69. The minimum atomic E-state index is -1.50. The van der Waals surface area contributed by atoms with Crippen LogP contribution in [0, 0.1) is 0 Å². The molecule has 40 heavy (non-hydrogen) atoms. The highest BCUT2D eigenvalue weighted by Gasteiger charge is 2.29. The van der Waals surface area contributed by atoms with E-state index in [9.17, 15) is 19.5 Å². The lowest BCUT2D eigenvalue weighted by molar-refractivity contribution is -0.115. The maximum atomic E-state index is 13.2. The molecule has 0 spiro atoms. The minimum absolute atomic E-state index is 0.241. The summed E-state index contributed by atoms with van der Waals surface area (Å²) in [6.45, 7) is 0. The normalized spacial score (nSPS) is 11.5. The van der Waals surface area contributed by atoms with Crippen molar-refractivity contribution in [3.8, 4) is 0 Å². The van der Waals surface area contributed by atoms with Gasteiger partial charge in [-0.3, -0.25) is 9.59 Å². The Kier molecular flexibility index (Phi) is 9.84. The number of carboxylic acid groups (broad SMARTS) is 1. The Morgan fingerprint density at radius 2 is 1.38 bits per heavy atom. The van der Waals surface area contributed by atoms with Crippen LogP contribution in [0.25, 0.3) is 0 Å². The number of benzene rings is 3. The number of aromatic carboxylic acids is 1. The van der Waals surface area contributed by atoms with E-state index in [0.717, 1.165) is 5.56 Å². The van der Waals surface area contributed by atoms with E-state index in [0.29, 0.717) is 21.4 Å². The highest BCUT2D eigenvalue weighted by Crippen LogP contribution is 2.42. The van der Waals surface area contributed by atoms with Crippen LogP contribution >= 0.6 is 69.8 Å². The fraction of sp³-hybridized carbons (Fsp3) is 0.0370. The van der Waals surface area contributed by atoms with Gasteiger partial charge < -0.3 is 15.7 Å². The second kappa shape index (κ2) is 13.1. The van der Waals surface area contributed by atoms with Gasteiger partial charge in [-0.25, -0.2) is 9.78 Å². The van der Waals surface area contributed by atoms with Crippen molar-refractivity contribution < 1.29 is 19.5 Å². The van der Waals surface area contributed by atoms with E-state index in [2.05, 4.69) is 15.6 Å². The van der Waals surface area contributed by atoms with Crippen LogP contribution in [0.1, 0.15) is 31.5 Å². The van der Waals surface area contributed by atoms with Crippen LogP contribution in [0.5, 0.6) is 0 Å². The van der Waals surface area contributed by atoms with Gasteiger partial charge in [0.2, 0.25) is 5.91 Å². The summed E-state index contributed by atoms with van der Waals surface area (Å²) in [5.41, 5.74) is 0.0972. The molecule has 0 saturated carbocycles. The summed E-state index contributed by atoms with van der Waals surface area (Å²) in [4.78, 5) is 42.9. The summed E-state index contributed by atoms with van der Waals surface area (Å²) < 4.78 is 0. The third-order valence-electron chi connectivity index (χ3n) is 5.39. The molecule has 0 bridgehead atoms. The number of thioether (sulfide) groups is 1. The third kappa shape index (κ3) is 6.83. The van der Waals surface area contributed by atoms with Crippen LogP contribution in [-0.4, -0.2) is 27.9 Å². The number of hydrogen-bond donors (Lipinski definition) is 3. The zero-order valence-electron chi connectivity index (χ0n) is 19.9. The minimum Gasteiger partial charge on any atom is -0.478 e. The SMILES string of the molecule is O=C(O)c1c(Cl)c(Cl)c(Cl)c(Cl)c1C(=O)Nc1ccc(SC(C(=O)Nc2ccc(Cl)cn2)c2ccccc2)cc1. The van der Waals surface area contributed by atoms with Crippen molar-refractivity contribution in [1.82, 2.24) is 4.98 Å². The zero-order valence-corrected chi connectivity index (χ0v) is 24.5. The Bertz CT molecular complexity index is 1590. The monoisotopic (exact) mass is 653 g/mol. The van der Waals surface area contributed by atoms with E-state index in [-0.39, 0.29) is 21.0 Å². The molecule has 7 nitrogen and oxygen atoms in total. The van der Waals surface area contributed by atoms with Crippen LogP contribution in [0.4, 0.5) is 11.5 Å². The van der Waals surface area contributed by atoms with Gasteiger partial charge in [-0.05, 0) is 42.0 Å². The summed E-state index contributed by atoms with van der Waals surface area (Å²) in [6.07, 6.45) is 1.44. The number of rotatable bonds is 8. The maximum Gasteiger partial charge on any atom is 0.338 e. The highest BCUT2D eigenvalue weighted by molar-refractivity contribution is 8.00. The van der Waals surface area contributed by atoms with Gasteiger partial charge in [0.15, 0.2) is 0 Å². The van der Waals surface area contributed by atoms with Gasteiger partial charge in [0.25, 0.3) is 5.91 Å². The van der Waals surface area contributed by atoms with Crippen molar-refractivity contribution in [2.24, 2.45) is 0 Å². The molecule has 1 atom stereocenters. The molecule has 204 valence electrons. The Balaban J connectivity index is 1.55. The van der Waals surface area contributed by atoms with Crippen molar-refractivity contribution in [2.75, 3.05) is 10.6 Å². The first-order valence-corrected chi connectivity index (χ1v) is 14.0. The van der Waals surface area contributed by atoms with E-state index >= 15 is 0 Å². The second-order valence-electron chi connectivity index (χ2n) is 8.05. The van der Waals surface area contributed by atoms with Crippen molar-refractivity contribution >= 4 is 99.1 Å². The molecule has 0 saturated heterocycles. The number of nitrogens with zero attached hydrogens (tertiary/aromatic N) is 1. The van der Waals surface area contributed by atoms with Crippen molar-refractivity contribution in [1.29, 1.82) is 0 Å². The van der Waals surface area contributed by atoms with Crippen LogP contribution in [0.15, 0.2) is 77.8 Å². The van der Waals surface area contributed by atoms with Crippen LogP contribution in [-0.2, 0) is 4.79 Å². The molecular formula is C27H16Cl5N3O4S. The lowest BCUT2D eigenvalue weighted by Crippen LogP contribution is -2.19. The van der Waals surface area contributed by atoms with Gasteiger partial charge in [-0.1, -0.05) is 88.3 Å². The van der Waals surface area contributed by atoms with Gasteiger partial charge in [-0.15, -0.1) is 11.8 Å².